The fourth-order valence-electron chi connectivity index (χ4n) is 2.47. The molecule has 2 aliphatic heterocycles. The molecule has 0 aromatic carbocycles. The number of hydrogen-bond acceptors (Lipinski definition) is 5. The van der Waals surface area contributed by atoms with Gasteiger partial charge in [0, 0.05) is 26.3 Å². The molecule has 0 saturated carbocycles. The van der Waals surface area contributed by atoms with Gasteiger partial charge in [-0.3, -0.25) is 4.79 Å². The molecule has 2 saturated heterocycles. The van der Waals surface area contributed by atoms with Crippen LogP contribution in [0.4, 0.5) is 0 Å². The molecule has 15 heavy (non-hydrogen) atoms. The molecule has 2 N–H and O–H groups in total. The summed E-state index contributed by atoms with van der Waals surface area (Å²) in [6.45, 7) is 1.94. The van der Waals surface area contributed by atoms with Crippen molar-refractivity contribution in [2.24, 2.45) is 5.41 Å². The molecular weight excluding hydrogens is 198 g/mol. The van der Waals surface area contributed by atoms with Gasteiger partial charge in [0.15, 0.2) is 0 Å². The summed E-state index contributed by atoms with van der Waals surface area (Å²) < 4.78 is 10.1. The molecular formula is C10H17NO4. The van der Waals surface area contributed by atoms with Crippen LogP contribution in [0.15, 0.2) is 0 Å². The summed E-state index contributed by atoms with van der Waals surface area (Å²) in [4.78, 5) is 11.9. The summed E-state index contributed by atoms with van der Waals surface area (Å²) in [5.41, 5.74) is -1.73. The molecule has 5 heteroatoms. The second kappa shape index (κ2) is 3.73. The molecule has 2 aliphatic rings. The van der Waals surface area contributed by atoms with Gasteiger partial charge in [0.2, 0.25) is 0 Å². The van der Waals surface area contributed by atoms with E-state index in [0.29, 0.717) is 39.1 Å². The molecule has 0 bridgehead atoms. The fourth-order valence-corrected chi connectivity index (χ4v) is 2.47. The molecule has 86 valence electrons. The topological polar surface area (TPSA) is 67.8 Å². The number of aliphatic hydroxyl groups is 1. The van der Waals surface area contributed by atoms with Crippen molar-refractivity contribution in [1.82, 2.24) is 5.32 Å². The highest BCUT2D eigenvalue weighted by Crippen LogP contribution is 2.44. The maximum atomic E-state index is 11.9. The van der Waals surface area contributed by atoms with E-state index >= 15 is 0 Å². The van der Waals surface area contributed by atoms with E-state index in [1.54, 1.807) is 0 Å². The van der Waals surface area contributed by atoms with Gasteiger partial charge in [0.1, 0.15) is 11.0 Å². The van der Waals surface area contributed by atoms with Crippen molar-refractivity contribution in [3.05, 3.63) is 0 Å². The maximum Gasteiger partial charge on any atom is 0.315 e. The van der Waals surface area contributed by atoms with E-state index in [4.69, 9.17) is 9.47 Å². The first-order valence-electron chi connectivity index (χ1n) is 5.24. The summed E-state index contributed by atoms with van der Waals surface area (Å²) in [6, 6.07) is 0. The van der Waals surface area contributed by atoms with Gasteiger partial charge in [-0.25, -0.2) is 0 Å². The highest BCUT2D eigenvalue weighted by atomic mass is 16.5. The Morgan fingerprint density at radius 2 is 2.00 bits per heavy atom. The van der Waals surface area contributed by atoms with E-state index in [1.807, 2.05) is 0 Å². The molecule has 2 heterocycles. The van der Waals surface area contributed by atoms with Crippen LogP contribution in [0.1, 0.15) is 12.8 Å². The zero-order valence-electron chi connectivity index (χ0n) is 8.91. The third kappa shape index (κ3) is 1.46. The van der Waals surface area contributed by atoms with E-state index < -0.39 is 11.0 Å². The van der Waals surface area contributed by atoms with Crippen molar-refractivity contribution < 1.29 is 19.4 Å². The molecule has 0 aromatic rings. The van der Waals surface area contributed by atoms with Crippen molar-refractivity contribution in [2.45, 2.75) is 18.4 Å². The van der Waals surface area contributed by atoms with Crippen molar-refractivity contribution >= 4 is 5.97 Å². The van der Waals surface area contributed by atoms with Crippen LogP contribution in [-0.4, -0.2) is 50.1 Å². The zero-order chi connectivity index (χ0) is 10.9. The molecule has 0 unspecified atom stereocenters. The van der Waals surface area contributed by atoms with E-state index in [1.165, 1.54) is 7.11 Å². The SMILES string of the molecule is COC(=O)C1(C2(O)CNC2)CCOCC1. The van der Waals surface area contributed by atoms with Crippen LogP contribution >= 0.6 is 0 Å². The van der Waals surface area contributed by atoms with E-state index in [9.17, 15) is 9.90 Å². The normalized spacial score (nSPS) is 27.9. The average molecular weight is 215 g/mol. The Balaban J connectivity index is 2.25. The van der Waals surface area contributed by atoms with Crippen LogP contribution in [0.25, 0.3) is 0 Å². The Bertz CT molecular complexity index is 256. The Kier molecular flexibility index (Phi) is 2.70. The number of hydrogen-bond donors (Lipinski definition) is 2. The Labute approximate surface area is 88.7 Å². The molecule has 0 aliphatic carbocycles. The molecule has 0 aromatic heterocycles. The summed E-state index contributed by atoms with van der Waals surface area (Å²) >= 11 is 0. The van der Waals surface area contributed by atoms with Crippen LogP contribution in [0.2, 0.25) is 0 Å². The third-order valence-electron chi connectivity index (χ3n) is 3.65. The molecule has 0 amide bonds. The summed E-state index contributed by atoms with van der Waals surface area (Å²) in [6.07, 6.45) is 1.08. The Morgan fingerprint density at radius 1 is 1.40 bits per heavy atom. The average Bonchev–Trinajstić information content (AvgIpc) is 2.25. The van der Waals surface area contributed by atoms with Gasteiger partial charge in [0.25, 0.3) is 0 Å². The molecule has 2 rings (SSSR count). The minimum Gasteiger partial charge on any atom is -0.469 e. The monoisotopic (exact) mass is 215 g/mol. The van der Waals surface area contributed by atoms with Crippen molar-refractivity contribution in [3.63, 3.8) is 0 Å². The predicted molar refractivity (Wildman–Crippen MR) is 52.3 cm³/mol. The number of carbonyl (C=O) groups is 1. The van der Waals surface area contributed by atoms with Gasteiger partial charge >= 0.3 is 5.97 Å². The number of esters is 1. The van der Waals surface area contributed by atoms with E-state index in [0.717, 1.165) is 0 Å². The van der Waals surface area contributed by atoms with Crippen molar-refractivity contribution in [1.29, 1.82) is 0 Å². The standard InChI is InChI=1S/C10H17NO4/c1-14-8(12)9(2-4-15-5-3-9)10(13)6-11-7-10/h11,13H,2-7H2,1H3. The quantitative estimate of drug-likeness (QED) is 0.596. The largest absolute Gasteiger partial charge is 0.469 e. The smallest absolute Gasteiger partial charge is 0.315 e. The number of methoxy groups -OCH3 is 1. The van der Waals surface area contributed by atoms with Gasteiger partial charge in [-0.15, -0.1) is 0 Å². The van der Waals surface area contributed by atoms with Crippen LogP contribution in [-0.2, 0) is 14.3 Å². The van der Waals surface area contributed by atoms with Gasteiger partial charge in [-0.05, 0) is 12.8 Å². The van der Waals surface area contributed by atoms with Crippen LogP contribution in [0.3, 0.4) is 0 Å². The predicted octanol–water partition coefficient (Wildman–Crippen LogP) is -0.709. The third-order valence-corrected chi connectivity index (χ3v) is 3.65. The second-order valence-electron chi connectivity index (χ2n) is 4.32. The molecule has 0 radical (unpaired) electrons. The molecule has 0 atom stereocenters. The van der Waals surface area contributed by atoms with Crippen molar-refractivity contribution in [2.75, 3.05) is 33.4 Å². The number of ether oxygens (including phenoxy) is 2. The second-order valence-corrected chi connectivity index (χ2v) is 4.32. The van der Waals surface area contributed by atoms with E-state index in [2.05, 4.69) is 5.32 Å². The fraction of sp³-hybridized carbons (Fsp3) is 0.900. The highest BCUT2D eigenvalue weighted by molar-refractivity contribution is 5.79. The lowest BCUT2D eigenvalue weighted by atomic mass is 9.64. The molecule has 2 fully saturated rings. The van der Waals surface area contributed by atoms with Crippen molar-refractivity contribution in [3.8, 4) is 0 Å². The summed E-state index contributed by atoms with van der Waals surface area (Å²) in [5, 5.41) is 13.4. The van der Waals surface area contributed by atoms with Gasteiger partial charge in [0.05, 0.1) is 7.11 Å². The number of carbonyl (C=O) groups excluding carboxylic acids is 1. The minimum absolute atomic E-state index is 0.310. The molecule has 5 nitrogen and oxygen atoms in total. The zero-order valence-corrected chi connectivity index (χ0v) is 8.91. The van der Waals surface area contributed by atoms with Gasteiger partial charge in [-0.2, -0.15) is 0 Å². The van der Waals surface area contributed by atoms with Gasteiger partial charge < -0.3 is 19.9 Å². The summed E-state index contributed by atoms with van der Waals surface area (Å²) in [7, 11) is 1.37. The van der Waals surface area contributed by atoms with Crippen LogP contribution < -0.4 is 5.32 Å². The number of nitrogens with one attached hydrogen (secondary N) is 1. The van der Waals surface area contributed by atoms with E-state index in [-0.39, 0.29) is 5.97 Å². The Morgan fingerprint density at radius 3 is 2.40 bits per heavy atom. The Hall–Kier alpha value is -0.650. The first kappa shape index (κ1) is 10.9. The maximum absolute atomic E-state index is 11.9. The lowest BCUT2D eigenvalue weighted by molar-refractivity contribution is -0.196. The lowest BCUT2D eigenvalue weighted by Crippen LogP contribution is -2.71. The van der Waals surface area contributed by atoms with Gasteiger partial charge in [-0.1, -0.05) is 0 Å². The summed E-state index contributed by atoms with van der Waals surface area (Å²) in [5.74, 6) is -0.310. The minimum atomic E-state index is -0.954. The number of β-amino-alcohol motifs (C(OH)–C–C–N with tert-alkyl or cyclic N) is 1. The first-order valence-corrected chi connectivity index (χ1v) is 5.24. The lowest BCUT2D eigenvalue weighted by Gasteiger charge is -2.52. The van der Waals surface area contributed by atoms with Crippen LogP contribution in [0.5, 0.6) is 0 Å². The molecule has 0 spiro atoms. The highest BCUT2D eigenvalue weighted by Gasteiger charge is 2.59. The van der Waals surface area contributed by atoms with Crippen LogP contribution in [0, 0.1) is 5.41 Å². The number of rotatable bonds is 2. The first-order chi connectivity index (χ1) is 7.15.